The molecule has 0 aromatic rings. The predicted molar refractivity (Wildman–Crippen MR) is 59.1 cm³/mol. The standard InChI is InChI=1S/C7H18N.C4H8O3/c1-5-6-7-8(2,3)4;1-4(2,7)3(5)6/h5-7H2,1-4H3;7H,1-2H3,(H,5,6)/q+1;/p-1. The van der Waals surface area contributed by atoms with Gasteiger partial charge in [-0.15, -0.1) is 0 Å². The number of aliphatic hydroxyl groups is 1. The van der Waals surface area contributed by atoms with Crippen LogP contribution in [0.15, 0.2) is 0 Å². The summed E-state index contributed by atoms with van der Waals surface area (Å²) in [5.41, 5.74) is -1.69. The Hall–Kier alpha value is -0.610. The number of carbonyl (C=O) groups excluding carboxylic acids is 1. The number of carbonyl (C=O) groups is 1. The molecule has 0 aliphatic rings. The van der Waals surface area contributed by atoms with Crippen LogP contribution in [0.3, 0.4) is 0 Å². The first-order valence-corrected chi connectivity index (χ1v) is 5.25. The minimum Gasteiger partial charge on any atom is -0.547 e. The SMILES string of the molecule is CC(C)(O)C(=O)[O-].CCCC[N+](C)(C)C. The van der Waals surface area contributed by atoms with Crippen molar-refractivity contribution >= 4 is 5.97 Å². The fourth-order valence-corrected chi connectivity index (χ4v) is 0.632. The van der Waals surface area contributed by atoms with Gasteiger partial charge in [0, 0.05) is 0 Å². The number of quaternary nitrogens is 1. The molecule has 0 aliphatic heterocycles. The zero-order valence-electron chi connectivity index (χ0n) is 10.8. The summed E-state index contributed by atoms with van der Waals surface area (Å²) in [5, 5.41) is 18.1. The second kappa shape index (κ2) is 6.80. The zero-order chi connectivity index (χ0) is 12.7. The zero-order valence-corrected chi connectivity index (χ0v) is 10.8. The van der Waals surface area contributed by atoms with Crippen molar-refractivity contribution in [1.82, 2.24) is 0 Å². The van der Waals surface area contributed by atoms with Gasteiger partial charge in [-0.25, -0.2) is 0 Å². The minimum atomic E-state index is -1.69. The van der Waals surface area contributed by atoms with Crippen LogP contribution in [0.5, 0.6) is 0 Å². The highest BCUT2D eigenvalue weighted by molar-refractivity contribution is 5.73. The van der Waals surface area contributed by atoms with Crippen LogP contribution in [-0.2, 0) is 4.79 Å². The second-order valence-corrected chi connectivity index (χ2v) is 5.21. The topological polar surface area (TPSA) is 60.4 Å². The van der Waals surface area contributed by atoms with Gasteiger partial charge in [0.1, 0.15) is 0 Å². The van der Waals surface area contributed by atoms with Crippen molar-refractivity contribution in [2.24, 2.45) is 0 Å². The molecule has 0 aliphatic carbocycles. The Morgan fingerprint density at radius 1 is 1.33 bits per heavy atom. The van der Waals surface area contributed by atoms with E-state index in [1.807, 2.05) is 0 Å². The molecule has 92 valence electrons. The first-order valence-electron chi connectivity index (χ1n) is 5.25. The maximum Gasteiger partial charge on any atom is 0.0983 e. The summed E-state index contributed by atoms with van der Waals surface area (Å²) in [4.78, 5) is 9.66. The number of rotatable bonds is 4. The Morgan fingerprint density at radius 3 is 1.73 bits per heavy atom. The second-order valence-electron chi connectivity index (χ2n) is 5.21. The molecule has 1 N–H and O–H groups in total. The van der Waals surface area contributed by atoms with Crippen LogP contribution in [0.1, 0.15) is 33.6 Å². The number of nitrogens with zero attached hydrogens (tertiary/aromatic N) is 1. The first kappa shape index (κ1) is 16.8. The molecule has 0 rings (SSSR count). The Balaban J connectivity index is 0. The van der Waals surface area contributed by atoms with E-state index in [2.05, 4.69) is 28.1 Å². The van der Waals surface area contributed by atoms with Gasteiger partial charge in [-0.05, 0) is 20.3 Å². The summed E-state index contributed by atoms with van der Waals surface area (Å²) in [6.45, 7) is 5.84. The van der Waals surface area contributed by atoms with Gasteiger partial charge in [-0.3, -0.25) is 0 Å². The molecule has 0 amide bonds. The van der Waals surface area contributed by atoms with Gasteiger partial charge in [-0.1, -0.05) is 13.3 Å². The largest absolute Gasteiger partial charge is 0.547 e. The third kappa shape index (κ3) is 16.1. The Bertz CT molecular complexity index is 177. The van der Waals surface area contributed by atoms with Crippen LogP contribution in [-0.4, -0.2) is 48.8 Å². The summed E-state index contributed by atoms with van der Waals surface area (Å²) in [7, 11) is 6.70. The Kier molecular flexibility index (Phi) is 7.62. The van der Waals surface area contributed by atoms with Crippen LogP contribution >= 0.6 is 0 Å². The summed E-state index contributed by atoms with van der Waals surface area (Å²) < 4.78 is 1.10. The molecule has 0 heterocycles. The summed E-state index contributed by atoms with van der Waals surface area (Å²) in [6, 6.07) is 0. The van der Waals surface area contributed by atoms with Crippen molar-refractivity contribution < 1.29 is 19.5 Å². The molecule has 15 heavy (non-hydrogen) atoms. The molecule has 0 unspecified atom stereocenters. The average molecular weight is 219 g/mol. The van der Waals surface area contributed by atoms with E-state index in [-0.39, 0.29) is 0 Å². The minimum absolute atomic E-state index is 1.10. The number of unbranched alkanes of at least 4 members (excludes halogenated alkanes) is 1. The summed E-state index contributed by atoms with van der Waals surface area (Å²) in [5.74, 6) is -1.45. The summed E-state index contributed by atoms with van der Waals surface area (Å²) >= 11 is 0. The lowest BCUT2D eigenvalue weighted by Gasteiger charge is -2.23. The van der Waals surface area contributed by atoms with E-state index in [0.717, 1.165) is 18.3 Å². The molecule has 0 bridgehead atoms. The lowest BCUT2D eigenvalue weighted by atomic mass is 10.1. The highest BCUT2D eigenvalue weighted by atomic mass is 16.4. The third-order valence-electron chi connectivity index (χ3n) is 1.68. The molecule has 0 aromatic carbocycles. The maximum atomic E-state index is 9.66. The van der Waals surface area contributed by atoms with Gasteiger partial charge in [0.15, 0.2) is 0 Å². The molecule has 0 saturated carbocycles. The molecule has 0 aromatic heterocycles. The molecular formula is C11H25NO3. The van der Waals surface area contributed by atoms with Crippen molar-refractivity contribution in [2.45, 2.75) is 39.2 Å². The van der Waals surface area contributed by atoms with Gasteiger partial charge in [0.05, 0.1) is 39.3 Å². The molecule has 0 atom stereocenters. The predicted octanol–water partition coefficient (Wildman–Crippen LogP) is -0.0001000. The van der Waals surface area contributed by atoms with Crippen LogP contribution in [0.25, 0.3) is 0 Å². The van der Waals surface area contributed by atoms with Gasteiger partial charge in [-0.2, -0.15) is 0 Å². The highest BCUT2D eigenvalue weighted by Crippen LogP contribution is 1.95. The molecule has 4 nitrogen and oxygen atoms in total. The van der Waals surface area contributed by atoms with E-state index in [1.54, 1.807) is 0 Å². The van der Waals surface area contributed by atoms with Crippen LogP contribution in [0.2, 0.25) is 0 Å². The molecule has 0 spiro atoms. The van der Waals surface area contributed by atoms with Gasteiger partial charge in [0.2, 0.25) is 0 Å². The lowest BCUT2D eigenvalue weighted by molar-refractivity contribution is -0.870. The first-order chi connectivity index (χ1) is 6.50. The van der Waals surface area contributed by atoms with E-state index < -0.39 is 11.6 Å². The number of carboxylic acid groups (broad SMARTS) is 1. The van der Waals surface area contributed by atoms with E-state index in [9.17, 15) is 9.90 Å². The van der Waals surface area contributed by atoms with Crippen LogP contribution in [0, 0.1) is 0 Å². The monoisotopic (exact) mass is 219 g/mol. The van der Waals surface area contributed by atoms with Crippen molar-refractivity contribution in [3.05, 3.63) is 0 Å². The Labute approximate surface area is 93.1 Å². The van der Waals surface area contributed by atoms with E-state index in [0.29, 0.717) is 0 Å². The van der Waals surface area contributed by atoms with Crippen molar-refractivity contribution in [2.75, 3.05) is 27.7 Å². The average Bonchev–Trinajstić information content (AvgIpc) is 1.98. The third-order valence-corrected chi connectivity index (χ3v) is 1.68. The van der Waals surface area contributed by atoms with Gasteiger partial charge >= 0.3 is 0 Å². The lowest BCUT2D eigenvalue weighted by Crippen LogP contribution is -2.43. The fourth-order valence-electron chi connectivity index (χ4n) is 0.632. The smallest absolute Gasteiger partial charge is 0.0983 e. The van der Waals surface area contributed by atoms with Crippen LogP contribution < -0.4 is 5.11 Å². The fraction of sp³-hybridized carbons (Fsp3) is 0.909. The quantitative estimate of drug-likeness (QED) is 0.677. The van der Waals surface area contributed by atoms with E-state index >= 15 is 0 Å². The summed E-state index contributed by atoms with van der Waals surface area (Å²) in [6.07, 6.45) is 2.67. The number of hydrogen-bond donors (Lipinski definition) is 1. The molecule has 0 saturated heterocycles. The van der Waals surface area contributed by atoms with E-state index in [4.69, 9.17) is 5.11 Å². The van der Waals surface area contributed by atoms with Crippen LogP contribution in [0.4, 0.5) is 0 Å². The number of carboxylic acids is 1. The van der Waals surface area contributed by atoms with Crippen molar-refractivity contribution in [3.8, 4) is 0 Å². The molecule has 0 fully saturated rings. The van der Waals surface area contributed by atoms with Gasteiger partial charge in [0.25, 0.3) is 0 Å². The number of aliphatic carboxylic acids is 1. The number of hydrogen-bond acceptors (Lipinski definition) is 3. The van der Waals surface area contributed by atoms with Crippen molar-refractivity contribution in [1.29, 1.82) is 0 Å². The normalized spacial score (nSPS) is 11.7. The van der Waals surface area contributed by atoms with E-state index in [1.165, 1.54) is 19.4 Å². The van der Waals surface area contributed by atoms with Gasteiger partial charge < -0.3 is 19.5 Å². The molecule has 0 radical (unpaired) electrons. The molecular weight excluding hydrogens is 194 g/mol. The molecule has 4 heteroatoms. The Morgan fingerprint density at radius 2 is 1.67 bits per heavy atom. The van der Waals surface area contributed by atoms with Crippen molar-refractivity contribution in [3.63, 3.8) is 0 Å². The highest BCUT2D eigenvalue weighted by Gasteiger charge is 2.11. The maximum absolute atomic E-state index is 9.66.